The number of benzene rings is 9. The van der Waals surface area contributed by atoms with Crippen LogP contribution in [0.15, 0.2) is 191 Å². The summed E-state index contributed by atoms with van der Waals surface area (Å²) >= 11 is 0. The van der Waals surface area contributed by atoms with Gasteiger partial charge in [0.05, 0.1) is 0 Å². The molecule has 0 radical (unpaired) electrons. The van der Waals surface area contributed by atoms with Crippen LogP contribution in [0.4, 0.5) is 0 Å². The molecule has 0 unspecified atom stereocenters. The van der Waals surface area contributed by atoms with E-state index in [1.54, 1.807) is 0 Å². The fourth-order valence-electron chi connectivity index (χ4n) is 8.67. The van der Waals surface area contributed by atoms with Crippen LogP contribution in [0.2, 0.25) is 0 Å². The van der Waals surface area contributed by atoms with E-state index in [4.69, 9.17) is 18.8 Å². The van der Waals surface area contributed by atoms with Crippen LogP contribution in [0.5, 0.6) is 0 Å². The number of rotatable bonds is 4. The van der Waals surface area contributed by atoms with E-state index in [2.05, 4.69) is 140 Å². The summed E-state index contributed by atoms with van der Waals surface area (Å²) in [6, 6.07) is 63.9. The molecule has 0 aliphatic heterocycles. The molecule has 56 heavy (non-hydrogen) atoms. The Morgan fingerprint density at radius 1 is 0.321 bits per heavy atom. The van der Waals surface area contributed by atoms with Gasteiger partial charge in [-0.15, -0.1) is 0 Å². The maximum absolute atomic E-state index is 6.82. The first kappa shape index (κ1) is 30.9. The van der Waals surface area contributed by atoms with Crippen LogP contribution in [-0.4, -0.2) is 9.97 Å². The van der Waals surface area contributed by atoms with Gasteiger partial charge >= 0.3 is 0 Å². The van der Waals surface area contributed by atoms with Crippen LogP contribution in [0, 0.1) is 0 Å². The van der Waals surface area contributed by atoms with Crippen molar-refractivity contribution in [2.24, 2.45) is 0 Å². The molecule has 0 amide bonds. The van der Waals surface area contributed by atoms with Gasteiger partial charge in [0.15, 0.2) is 11.4 Å². The van der Waals surface area contributed by atoms with Crippen molar-refractivity contribution in [1.82, 2.24) is 9.97 Å². The van der Waals surface area contributed by atoms with Crippen LogP contribution in [-0.2, 0) is 0 Å². The largest absolute Gasteiger partial charge is 0.456 e. The van der Waals surface area contributed by atoms with Gasteiger partial charge in [-0.3, -0.25) is 0 Å². The molecule has 3 heterocycles. The molecule has 0 bridgehead atoms. The molecule has 0 fully saturated rings. The number of fused-ring (bicyclic) bond motifs is 12. The van der Waals surface area contributed by atoms with E-state index in [9.17, 15) is 0 Å². The van der Waals surface area contributed by atoms with E-state index in [0.29, 0.717) is 11.4 Å². The molecule has 9 aromatic carbocycles. The lowest BCUT2D eigenvalue weighted by atomic mass is 9.91. The minimum Gasteiger partial charge on any atom is -0.456 e. The fraction of sp³-hybridized carbons (Fsp3) is 0. The van der Waals surface area contributed by atoms with Crippen molar-refractivity contribution >= 4 is 76.3 Å². The van der Waals surface area contributed by atoms with Crippen molar-refractivity contribution in [3.8, 4) is 44.9 Å². The summed E-state index contributed by atoms with van der Waals surface area (Å²) in [5.41, 5.74) is 11.0. The standard InChI is InChI=1S/C52H30N2O2/c1-2-12-31(13-3-1)52-53-49(35-15-10-14-32(28-35)33-24-26-41-39-18-5-4-16-37(39)38-17-6-7-19-40(38)44(41)29-33)51-50(54-52)43-27-25-34(30-47(43)56-51)36-21-11-23-46-48(36)42-20-8-9-22-45(42)55-46/h1-30H. The lowest BCUT2D eigenvalue weighted by Crippen LogP contribution is -1.94. The molecule has 3 aromatic heterocycles. The quantitative estimate of drug-likeness (QED) is 0.170. The van der Waals surface area contributed by atoms with E-state index >= 15 is 0 Å². The zero-order valence-corrected chi connectivity index (χ0v) is 30.0. The Morgan fingerprint density at radius 2 is 0.911 bits per heavy atom. The fourth-order valence-corrected chi connectivity index (χ4v) is 8.67. The molecule has 4 heteroatoms. The van der Waals surface area contributed by atoms with E-state index in [-0.39, 0.29) is 0 Å². The van der Waals surface area contributed by atoms with Gasteiger partial charge in [0.25, 0.3) is 0 Å². The summed E-state index contributed by atoms with van der Waals surface area (Å²) in [5, 5.41) is 10.7. The predicted octanol–water partition coefficient (Wildman–Crippen LogP) is 14.4. The van der Waals surface area contributed by atoms with Gasteiger partial charge in [0.1, 0.15) is 28.0 Å². The van der Waals surface area contributed by atoms with E-state index in [0.717, 1.165) is 77.5 Å². The summed E-state index contributed by atoms with van der Waals surface area (Å²) < 4.78 is 13.0. The van der Waals surface area contributed by atoms with Gasteiger partial charge in [0, 0.05) is 27.3 Å². The number of hydrogen-bond donors (Lipinski definition) is 0. The molecule has 0 atom stereocenters. The van der Waals surface area contributed by atoms with Gasteiger partial charge in [-0.05, 0) is 91.0 Å². The van der Waals surface area contributed by atoms with E-state index < -0.39 is 0 Å². The molecule has 0 aliphatic rings. The zero-order chi connectivity index (χ0) is 36.7. The average Bonchev–Trinajstić information content (AvgIpc) is 3.84. The molecule has 0 aliphatic carbocycles. The second-order valence-corrected chi connectivity index (χ2v) is 14.5. The van der Waals surface area contributed by atoms with Crippen LogP contribution in [0.1, 0.15) is 0 Å². The SMILES string of the molecule is c1ccc(-c2nc(-c3cccc(-c4ccc5c6ccccc6c6ccccc6c5c4)c3)c3oc4cc(-c5cccc6oc7ccccc7c56)ccc4c3n2)cc1. The molecular weight excluding hydrogens is 685 g/mol. The van der Waals surface area contributed by atoms with E-state index in [1.165, 1.54) is 32.3 Å². The molecule has 12 rings (SSSR count). The Morgan fingerprint density at radius 3 is 1.71 bits per heavy atom. The minimum absolute atomic E-state index is 0.656. The van der Waals surface area contributed by atoms with Crippen molar-refractivity contribution in [1.29, 1.82) is 0 Å². The Hall–Kier alpha value is -7.56. The molecule has 4 nitrogen and oxygen atoms in total. The number of nitrogens with zero attached hydrogens (tertiary/aromatic N) is 2. The summed E-state index contributed by atoms with van der Waals surface area (Å²) in [6.45, 7) is 0. The summed E-state index contributed by atoms with van der Waals surface area (Å²) in [6.07, 6.45) is 0. The first-order valence-corrected chi connectivity index (χ1v) is 18.9. The van der Waals surface area contributed by atoms with Gasteiger partial charge in [0.2, 0.25) is 0 Å². The smallest absolute Gasteiger partial charge is 0.180 e. The molecule has 0 saturated carbocycles. The third-order valence-corrected chi connectivity index (χ3v) is 11.3. The highest BCUT2D eigenvalue weighted by Gasteiger charge is 2.20. The van der Waals surface area contributed by atoms with Crippen LogP contribution >= 0.6 is 0 Å². The molecule has 260 valence electrons. The van der Waals surface area contributed by atoms with Crippen molar-refractivity contribution in [3.05, 3.63) is 182 Å². The Balaban J connectivity index is 1.05. The predicted molar refractivity (Wildman–Crippen MR) is 231 cm³/mol. The third kappa shape index (κ3) is 4.66. The van der Waals surface area contributed by atoms with Gasteiger partial charge in [-0.2, -0.15) is 0 Å². The second kappa shape index (κ2) is 12.0. The number of aromatic nitrogens is 2. The normalized spacial score (nSPS) is 11.9. The van der Waals surface area contributed by atoms with Crippen LogP contribution in [0.25, 0.3) is 121 Å². The summed E-state index contributed by atoms with van der Waals surface area (Å²) in [7, 11) is 0. The lowest BCUT2D eigenvalue weighted by Gasteiger charge is -2.12. The minimum atomic E-state index is 0.656. The zero-order valence-electron chi connectivity index (χ0n) is 30.0. The van der Waals surface area contributed by atoms with Crippen LogP contribution in [0.3, 0.4) is 0 Å². The topological polar surface area (TPSA) is 52.1 Å². The Bertz CT molecular complexity index is 3510. The molecule has 0 N–H and O–H groups in total. The van der Waals surface area contributed by atoms with Gasteiger partial charge < -0.3 is 8.83 Å². The second-order valence-electron chi connectivity index (χ2n) is 14.5. The van der Waals surface area contributed by atoms with Crippen molar-refractivity contribution in [2.45, 2.75) is 0 Å². The third-order valence-electron chi connectivity index (χ3n) is 11.3. The van der Waals surface area contributed by atoms with Crippen LogP contribution < -0.4 is 0 Å². The Kier molecular flexibility index (Phi) is 6.60. The van der Waals surface area contributed by atoms with Gasteiger partial charge in [-0.25, -0.2) is 9.97 Å². The highest BCUT2D eigenvalue weighted by atomic mass is 16.3. The van der Waals surface area contributed by atoms with Crippen molar-refractivity contribution in [2.75, 3.05) is 0 Å². The number of para-hydroxylation sites is 1. The van der Waals surface area contributed by atoms with E-state index in [1.807, 2.05) is 42.5 Å². The first-order valence-electron chi connectivity index (χ1n) is 18.9. The van der Waals surface area contributed by atoms with Crippen molar-refractivity contribution < 1.29 is 8.83 Å². The molecule has 0 spiro atoms. The molecule has 12 aromatic rings. The lowest BCUT2D eigenvalue weighted by molar-refractivity contribution is 0.667. The maximum Gasteiger partial charge on any atom is 0.180 e. The highest BCUT2D eigenvalue weighted by Crippen LogP contribution is 2.42. The van der Waals surface area contributed by atoms with Gasteiger partial charge in [-0.1, -0.05) is 146 Å². The Labute approximate surface area is 320 Å². The summed E-state index contributed by atoms with van der Waals surface area (Å²) in [5.74, 6) is 0.656. The van der Waals surface area contributed by atoms with Crippen molar-refractivity contribution in [3.63, 3.8) is 0 Å². The highest BCUT2D eigenvalue weighted by molar-refractivity contribution is 6.25. The molecular formula is C52H30N2O2. The maximum atomic E-state index is 6.82. The average molecular weight is 715 g/mol. The number of hydrogen-bond acceptors (Lipinski definition) is 4. The first-order chi connectivity index (χ1) is 27.7. The monoisotopic (exact) mass is 714 g/mol. The number of furan rings is 2. The molecule has 0 saturated heterocycles. The summed E-state index contributed by atoms with van der Waals surface area (Å²) in [4.78, 5) is 10.4.